The van der Waals surface area contributed by atoms with Crippen LogP contribution in [0.25, 0.3) is 0 Å². The van der Waals surface area contributed by atoms with Crippen molar-refractivity contribution in [2.24, 2.45) is 0 Å². The number of dihydropyridines is 1. The average molecular weight is 443 g/mol. The highest BCUT2D eigenvalue weighted by Gasteiger charge is 2.40. The zero-order valence-electron chi connectivity index (χ0n) is 19.4. The molecule has 1 atom stereocenters. The van der Waals surface area contributed by atoms with Gasteiger partial charge in [0.1, 0.15) is 5.75 Å². The van der Waals surface area contributed by atoms with E-state index in [1.165, 1.54) is 14.0 Å². The molecule has 0 saturated heterocycles. The Bertz CT molecular complexity index is 967. The van der Waals surface area contributed by atoms with Crippen molar-refractivity contribution >= 4 is 11.8 Å². The van der Waals surface area contributed by atoms with Gasteiger partial charge in [0.05, 0.1) is 42.5 Å². The Balaban J connectivity index is 2.88. The highest BCUT2D eigenvalue weighted by molar-refractivity contribution is 6.02. The van der Waals surface area contributed by atoms with E-state index in [2.05, 4.69) is 11.4 Å². The van der Waals surface area contributed by atoms with Gasteiger partial charge in [0, 0.05) is 30.0 Å². The molecule has 0 radical (unpaired) electrons. The Hall–Kier alpha value is -3.15. The first-order valence-electron chi connectivity index (χ1n) is 10.5. The summed E-state index contributed by atoms with van der Waals surface area (Å²) in [6, 6.07) is 6.97. The van der Waals surface area contributed by atoms with Crippen LogP contribution in [0.15, 0.2) is 40.7 Å². The maximum absolute atomic E-state index is 13.2. The predicted molar refractivity (Wildman–Crippen MR) is 118 cm³/mol. The van der Waals surface area contributed by atoms with Gasteiger partial charge in [-0.05, 0) is 46.8 Å². The van der Waals surface area contributed by atoms with Crippen molar-refractivity contribution in [3.05, 3.63) is 51.9 Å². The lowest BCUT2D eigenvalue weighted by atomic mass is 9.78. The zero-order chi connectivity index (χ0) is 23.8. The highest BCUT2D eigenvalue weighted by Crippen LogP contribution is 2.43. The van der Waals surface area contributed by atoms with E-state index in [-0.39, 0.29) is 18.0 Å². The third-order valence-electron chi connectivity index (χ3n) is 5.01. The average Bonchev–Trinajstić information content (AvgIpc) is 2.77. The first kappa shape index (κ1) is 25.1. The van der Waals surface area contributed by atoms with Crippen molar-refractivity contribution in [2.75, 3.05) is 26.9 Å². The van der Waals surface area contributed by atoms with Gasteiger partial charge in [-0.15, -0.1) is 0 Å². The van der Waals surface area contributed by atoms with E-state index < -0.39 is 18.2 Å². The first-order chi connectivity index (χ1) is 15.3. The van der Waals surface area contributed by atoms with Crippen molar-refractivity contribution in [3.63, 3.8) is 0 Å². The number of nitrogens with zero attached hydrogens (tertiary/aromatic N) is 1. The van der Waals surface area contributed by atoms with Crippen molar-refractivity contribution in [2.45, 2.75) is 46.8 Å². The molecule has 172 valence electrons. The molecule has 1 heterocycles. The topological polar surface area (TPSA) is 107 Å². The number of ketones is 1. The van der Waals surface area contributed by atoms with Crippen molar-refractivity contribution in [1.29, 1.82) is 5.26 Å². The fourth-order valence-electron chi connectivity index (χ4n) is 3.79. The van der Waals surface area contributed by atoms with Crippen LogP contribution in [-0.4, -0.2) is 45.0 Å². The number of rotatable bonds is 10. The smallest absolute Gasteiger partial charge is 0.336 e. The number of carbonyl (C=O) groups is 2. The lowest BCUT2D eigenvalue weighted by Crippen LogP contribution is -2.38. The quantitative estimate of drug-likeness (QED) is 0.434. The van der Waals surface area contributed by atoms with E-state index in [1.807, 2.05) is 13.8 Å². The van der Waals surface area contributed by atoms with Crippen LogP contribution in [0.1, 0.15) is 51.7 Å². The summed E-state index contributed by atoms with van der Waals surface area (Å²) in [6.07, 6.45) is -0.861. The standard InChI is InChI=1S/C24H30N2O6/c1-7-30-23(28)21-20(17-11-10-16(13-25)12-18(17)29-6)19(15(5)27)14(4)26-22(21)24(31-8-2)32-9-3/h10-12,20,24,26H,7-9H2,1-6H3. The second-order valence-corrected chi connectivity index (χ2v) is 7.01. The molecule has 1 aromatic carbocycles. The fraction of sp³-hybridized carbons (Fsp3) is 0.458. The minimum absolute atomic E-state index is 0.152. The van der Waals surface area contributed by atoms with Gasteiger partial charge in [-0.25, -0.2) is 4.79 Å². The molecule has 2 rings (SSSR count). The SMILES string of the molecule is CCOC(=O)C1=C(C(OCC)OCC)NC(C)=C(C(C)=O)C1c1ccc(C#N)cc1OC. The summed E-state index contributed by atoms with van der Waals surface area (Å²) >= 11 is 0. The number of Topliss-reactive ketones (excluding diaryl/α,β-unsaturated/α-hetero) is 1. The Morgan fingerprint density at radius 3 is 2.28 bits per heavy atom. The molecular formula is C24H30N2O6. The molecule has 1 aliphatic rings. The van der Waals surface area contributed by atoms with Crippen LogP contribution in [0.3, 0.4) is 0 Å². The summed E-state index contributed by atoms with van der Waals surface area (Å²) in [5, 5.41) is 12.4. The zero-order valence-corrected chi connectivity index (χ0v) is 19.4. The number of allylic oxidation sites excluding steroid dienone is 2. The number of hydrogen-bond donors (Lipinski definition) is 1. The lowest BCUT2D eigenvalue weighted by molar-refractivity contribution is -0.140. The third kappa shape index (κ3) is 5.18. The van der Waals surface area contributed by atoms with Crippen LogP contribution in [0.2, 0.25) is 0 Å². The van der Waals surface area contributed by atoms with Gasteiger partial charge in [0.2, 0.25) is 0 Å². The molecule has 1 N–H and O–H groups in total. The maximum atomic E-state index is 13.2. The Morgan fingerprint density at radius 1 is 1.12 bits per heavy atom. The monoisotopic (exact) mass is 442 g/mol. The molecular weight excluding hydrogens is 412 g/mol. The van der Waals surface area contributed by atoms with Crippen molar-refractivity contribution in [1.82, 2.24) is 5.32 Å². The van der Waals surface area contributed by atoms with Crippen LogP contribution in [0.4, 0.5) is 0 Å². The molecule has 8 nitrogen and oxygen atoms in total. The lowest BCUT2D eigenvalue weighted by Gasteiger charge is -2.34. The van der Waals surface area contributed by atoms with E-state index in [0.717, 1.165) is 0 Å². The van der Waals surface area contributed by atoms with Gasteiger partial charge in [-0.3, -0.25) is 4.79 Å². The van der Waals surface area contributed by atoms with Crippen LogP contribution in [-0.2, 0) is 23.8 Å². The molecule has 8 heteroatoms. The number of nitrogens with one attached hydrogen (secondary N) is 1. The summed E-state index contributed by atoms with van der Waals surface area (Å²) in [6.45, 7) is 9.41. The second-order valence-electron chi connectivity index (χ2n) is 7.01. The molecule has 0 saturated carbocycles. The molecule has 0 spiro atoms. The fourth-order valence-corrected chi connectivity index (χ4v) is 3.79. The highest BCUT2D eigenvalue weighted by atomic mass is 16.7. The van der Waals surface area contributed by atoms with E-state index in [9.17, 15) is 14.9 Å². The van der Waals surface area contributed by atoms with E-state index >= 15 is 0 Å². The number of hydrogen-bond acceptors (Lipinski definition) is 8. The Kier molecular flexibility index (Phi) is 9.00. The molecule has 0 aromatic heterocycles. The Labute approximate surface area is 188 Å². The molecule has 0 bridgehead atoms. The van der Waals surface area contributed by atoms with Crippen LogP contribution in [0.5, 0.6) is 5.75 Å². The van der Waals surface area contributed by atoms with E-state index in [1.54, 1.807) is 32.0 Å². The maximum Gasteiger partial charge on any atom is 0.336 e. The van der Waals surface area contributed by atoms with Gasteiger partial charge in [0.15, 0.2) is 12.1 Å². The van der Waals surface area contributed by atoms with E-state index in [4.69, 9.17) is 18.9 Å². The summed E-state index contributed by atoms with van der Waals surface area (Å²) < 4.78 is 22.5. The number of ether oxygens (including phenoxy) is 4. The first-order valence-corrected chi connectivity index (χ1v) is 10.5. The minimum Gasteiger partial charge on any atom is -0.496 e. The Morgan fingerprint density at radius 2 is 1.78 bits per heavy atom. The molecule has 0 aliphatic carbocycles. The molecule has 0 amide bonds. The molecule has 1 unspecified atom stereocenters. The number of methoxy groups -OCH3 is 1. The van der Waals surface area contributed by atoms with Crippen LogP contribution >= 0.6 is 0 Å². The second kappa shape index (κ2) is 11.5. The molecule has 0 fully saturated rings. The predicted octanol–water partition coefficient (Wildman–Crippen LogP) is 3.33. The van der Waals surface area contributed by atoms with Crippen LogP contribution in [0, 0.1) is 11.3 Å². The summed E-state index contributed by atoms with van der Waals surface area (Å²) in [7, 11) is 1.48. The molecule has 32 heavy (non-hydrogen) atoms. The largest absolute Gasteiger partial charge is 0.496 e. The van der Waals surface area contributed by atoms with Crippen molar-refractivity contribution < 1.29 is 28.5 Å². The van der Waals surface area contributed by atoms with Gasteiger partial charge >= 0.3 is 5.97 Å². The van der Waals surface area contributed by atoms with Gasteiger partial charge in [0.25, 0.3) is 0 Å². The normalized spacial score (nSPS) is 16.0. The van der Waals surface area contributed by atoms with Gasteiger partial charge in [-0.1, -0.05) is 6.07 Å². The molecule has 1 aliphatic heterocycles. The number of esters is 1. The molecule has 1 aromatic rings. The minimum atomic E-state index is -0.861. The third-order valence-corrected chi connectivity index (χ3v) is 5.01. The summed E-state index contributed by atoms with van der Waals surface area (Å²) in [5.74, 6) is -1.22. The number of benzene rings is 1. The van der Waals surface area contributed by atoms with Crippen molar-refractivity contribution in [3.8, 4) is 11.8 Å². The van der Waals surface area contributed by atoms with Gasteiger partial charge in [-0.2, -0.15) is 5.26 Å². The number of carbonyl (C=O) groups excluding carboxylic acids is 2. The van der Waals surface area contributed by atoms with E-state index in [0.29, 0.717) is 47.1 Å². The number of nitriles is 1. The van der Waals surface area contributed by atoms with Crippen LogP contribution < -0.4 is 10.1 Å². The summed E-state index contributed by atoms with van der Waals surface area (Å²) in [5.41, 5.74) is 2.51. The van der Waals surface area contributed by atoms with Gasteiger partial charge < -0.3 is 24.3 Å². The summed E-state index contributed by atoms with van der Waals surface area (Å²) in [4.78, 5) is 26.0.